The Morgan fingerprint density at radius 3 is 2.70 bits per heavy atom. The van der Waals surface area contributed by atoms with Crippen LogP contribution in [0.2, 0.25) is 0 Å². The van der Waals surface area contributed by atoms with Crippen molar-refractivity contribution in [2.24, 2.45) is 5.92 Å². The third-order valence-electron chi connectivity index (χ3n) is 1.10. The van der Waals surface area contributed by atoms with Gasteiger partial charge in [-0.05, 0) is 0 Å². The highest BCUT2D eigenvalue weighted by Gasteiger charge is 2.06. The Kier molecular flexibility index (Phi) is 7.52. The number of nitrogens with one attached hydrogen (secondary N) is 1. The van der Waals surface area contributed by atoms with Crippen LogP contribution in [-0.4, -0.2) is 26.9 Å². The highest BCUT2D eigenvalue weighted by molar-refractivity contribution is 7.09. The fourth-order valence-electron chi connectivity index (χ4n) is 0.647. The van der Waals surface area contributed by atoms with E-state index in [9.17, 15) is 4.48 Å². The van der Waals surface area contributed by atoms with Gasteiger partial charge in [-0.3, -0.25) is 0 Å². The summed E-state index contributed by atoms with van der Waals surface area (Å²) in [6, 6.07) is 0. The summed E-state index contributed by atoms with van der Waals surface area (Å²) in [5.74, 6) is 0.0764. The third-order valence-corrected chi connectivity index (χ3v) is 1.29. The molecule has 0 aromatic carbocycles. The lowest BCUT2D eigenvalue weighted by Crippen LogP contribution is -2.23. The van der Waals surface area contributed by atoms with Gasteiger partial charge in [-0.15, -0.1) is 4.48 Å². The minimum Gasteiger partial charge on any atom is -0.384 e. The normalized spacial score (nSPS) is 13.5. The van der Waals surface area contributed by atoms with Gasteiger partial charge in [0.1, 0.15) is 0 Å². The second-order valence-corrected chi connectivity index (χ2v) is 2.33. The molecule has 5 heteroatoms. The quantitative estimate of drug-likeness (QED) is 0.464. The standard InChI is InChI=1S/C5H13FNO2P/c1-8-3-5(2-7-6)4-9-10/h5,7H,2-4,10H2,1H3. The molecule has 3 nitrogen and oxygen atoms in total. The van der Waals surface area contributed by atoms with Crippen LogP contribution in [0.1, 0.15) is 0 Å². The number of ether oxygens (including phenoxy) is 1. The van der Waals surface area contributed by atoms with E-state index >= 15 is 0 Å². The Balaban J connectivity index is 3.30. The average Bonchev–Trinajstić information content (AvgIpc) is 1.90. The van der Waals surface area contributed by atoms with Crippen molar-refractivity contribution in [3.8, 4) is 0 Å². The molecule has 0 saturated heterocycles. The Labute approximate surface area is 62.5 Å². The molecule has 0 rings (SSSR count). The zero-order chi connectivity index (χ0) is 7.82. The average molecular weight is 169 g/mol. The molecular formula is C5H13FNO2P. The van der Waals surface area contributed by atoms with Crippen LogP contribution in [0, 0.1) is 5.92 Å². The molecule has 0 heterocycles. The number of hydrogen-bond donors (Lipinski definition) is 1. The van der Waals surface area contributed by atoms with Gasteiger partial charge in [0.2, 0.25) is 0 Å². The maximum Gasteiger partial charge on any atom is 0.0565 e. The van der Waals surface area contributed by atoms with E-state index in [0.717, 1.165) is 0 Å². The van der Waals surface area contributed by atoms with Crippen molar-refractivity contribution in [2.45, 2.75) is 0 Å². The lowest BCUT2D eigenvalue weighted by atomic mass is 10.2. The van der Waals surface area contributed by atoms with E-state index in [-0.39, 0.29) is 12.5 Å². The smallest absolute Gasteiger partial charge is 0.0565 e. The van der Waals surface area contributed by atoms with Crippen molar-refractivity contribution >= 4 is 9.47 Å². The zero-order valence-corrected chi connectivity index (χ0v) is 7.13. The van der Waals surface area contributed by atoms with Crippen LogP contribution in [0.4, 0.5) is 4.48 Å². The molecule has 2 unspecified atom stereocenters. The van der Waals surface area contributed by atoms with Crippen molar-refractivity contribution < 1.29 is 13.7 Å². The van der Waals surface area contributed by atoms with Gasteiger partial charge in [0.05, 0.1) is 13.2 Å². The van der Waals surface area contributed by atoms with E-state index in [2.05, 4.69) is 9.47 Å². The Morgan fingerprint density at radius 2 is 2.30 bits per heavy atom. The number of hydrogen-bond acceptors (Lipinski definition) is 3. The second kappa shape index (κ2) is 7.35. The predicted molar refractivity (Wildman–Crippen MR) is 40.1 cm³/mol. The molecule has 0 aromatic heterocycles. The first-order chi connectivity index (χ1) is 4.85. The van der Waals surface area contributed by atoms with E-state index in [4.69, 9.17) is 9.26 Å². The zero-order valence-electron chi connectivity index (χ0n) is 5.97. The summed E-state index contributed by atoms with van der Waals surface area (Å²) >= 11 is 0. The Morgan fingerprint density at radius 1 is 1.60 bits per heavy atom. The van der Waals surface area contributed by atoms with Crippen LogP contribution < -0.4 is 5.54 Å². The van der Waals surface area contributed by atoms with E-state index in [0.29, 0.717) is 13.2 Å². The highest BCUT2D eigenvalue weighted by Crippen LogP contribution is 1.99. The molecule has 0 spiro atoms. The van der Waals surface area contributed by atoms with Crippen molar-refractivity contribution in [1.82, 2.24) is 5.54 Å². The minimum absolute atomic E-state index is 0.0764. The second-order valence-electron chi connectivity index (χ2n) is 1.99. The summed E-state index contributed by atoms with van der Waals surface area (Å²) in [5.41, 5.74) is 1.57. The lowest BCUT2D eigenvalue weighted by Gasteiger charge is -2.11. The van der Waals surface area contributed by atoms with Crippen LogP contribution >= 0.6 is 9.47 Å². The third kappa shape index (κ3) is 5.06. The molecule has 1 N–H and O–H groups in total. The van der Waals surface area contributed by atoms with Gasteiger partial charge in [-0.25, -0.2) is 0 Å². The molecule has 0 amide bonds. The molecule has 0 aliphatic rings. The lowest BCUT2D eigenvalue weighted by molar-refractivity contribution is 0.111. The fourth-order valence-corrected chi connectivity index (χ4v) is 0.919. The number of rotatable bonds is 6. The molecule has 0 saturated carbocycles. The SMILES string of the molecule is COCC(CNF)COP. The van der Waals surface area contributed by atoms with E-state index in [1.54, 1.807) is 12.6 Å². The molecule has 62 valence electrons. The van der Waals surface area contributed by atoms with Gasteiger partial charge in [-0.1, -0.05) is 0 Å². The van der Waals surface area contributed by atoms with Crippen molar-refractivity contribution in [3.63, 3.8) is 0 Å². The van der Waals surface area contributed by atoms with Crippen LogP contribution in [0.3, 0.4) is 0 Å². The van der Waals surface area contributed by atoms with Crippen LogP contribution in [0.15, 0.2) is 0 Å². The molecule has 0 bridgehead atoms. The predicted octanol–water partition coefficient (Wildman–Crippen LogP) is 0.530. The first-order valence-corrected chi connectivity index (χ1v) is 3.46. The van der Waals surface area contributed by atoms with Crippen LogP contribution in [0.5, 0.6) is 0 Å². The van der Waals surface area contributed by atoms with Crippen molar-refractivity contribution in [2.75, 3.05) is 26.9 Å². The van der Waals surface area contributed by atoms with E-state index in [1.807, 2.05) is 0 Å². The Bertz CT molecular complexity index is 62.4. The molecule has 2 atom stereocenters. The van der Waals surface area contributed by atoms with Crippen LogP contribution in [0.25, 0.3) is 0 Å². The first kappa shape index (κ1) is 10.2. The monoisotopic (exact) mass is 169 g/mol. The van der Waals surface area contributed by atoms with Crippen molar-refractivity contribution in [3.05, 3.63) is 0 Å². The summed E-state index contributed by atoms with van der Waals surface area (Å²) in [6.45, 7) is 1.25. The highest BCUT2D eigenvalue weighted by atomic mass is 31.0. The topological polar surface area (TPSA) is 30.5 Å². The summed E-state index contributed by atoms with van der Waals surface area (Å²) in [7, 11) is 3.69. The number of methoxy groups -OCH3 is 1. The molecule has 0 aliphatic carbocycles. The maximum atomic E-state index is 11.5. The molecule has 0 aliphatic heterocycles. The van der Waals surface area contributed by atoms with Gasteiger partial charge in [0.25, 0.3) is 0 Å². The molecule has 0 aromatic rings. The summed E-state index contributed by atoms with van der Waals surface area (Å²) in [5, 5.41) is 0. The summed E-state index contributed by atoms with van der Waals surface area (Å²) < 4.78 is 21.1. The maximum absolute atomic E-state index is 11.5. The van der Waals surface area contributed by atoms with E-state index in [1.165, 1.54) is 0 Å². The molecule has 0 radical (unpaired) electrons. The molecule has 10 heavy (non-hydrogen) atoms. The molecule has 0 fully saturated rings. The Hall–Kier alpha value is 0.240. The summed E-state index contributed by atoms with van der Waals surface area (Å²) in [6.07, 6.45) is 0. The van der Waals surface area contributed by atoms with Gasteiger partial charge < -0.3 is 9.26 Å². The van der Waals surface area contributed by atoms with Gasteiger partial charge in [0, 0.05) is 29.0 Å². The van der Waals surface area contributed by atoms with Gasteiger partial charge in [0.15, 0.2) is 0 Å². The molecular weight excluding hydrogens is 156 g/mol. The van der Waals surface area contributed by atoms with E-state index < -0.39 is 0 Å². The minimum atomic E-state index is 0.0764. The fraction of sp³-hybridized carbons (Fsp3) is 1.00. The first-order valence-electron chi connectivity index (χ1n) is 2.99. The largest absolute Gasteiger partial charge is 0.384 e. The van der Waals surface area contributed by atoms with Crippen LogP contribution in [-0.2, 0) is 9.26 Å². The summed E-state index contributed by atoms with van der Waals surface area (Å²) in [4.78, 5) is 0. The van der Waals surface area contributed by atoms with Crippen molar-refractivity contribution in [1.29, 1.82) is 0 Å². The van der Waals surface area contributed by atoms with Gasteiger partial charge >= 0.3 is 0 Å². The van der Waals surface area contributed by atoms with Gasteiger partial charge in [-0.2, -0.15) is 5.54 Å². The number of halogens is 1.